The van der Waals surface area contributed by atoms with Gasteiger partial charge in [0.15, 0.2) is 6.61 Å². The van der Waals surface area contributed by atoms with Gasteiger partial charge in [0.05, 0.1) is 12.3 Å². The first kappa shape index (κ1) is 20.0. The number of hydrogen-bond donors (Lipinski definition) is 1. The lowest BCUT2D eigenvalue weighted by atomic mass is 10.3. The first-order valence-electron chi connectivity index (χ1n) is 7.55. The van der Waals surface area contributed by atoms with Crippen molar-refractivity contribution in [2.45, 2.75) is 18.7 Å². The Labute approximate surface area is 144 Å². The van der Waals surface area contributed by atoms with Crippen LogP contribution in [0.4, 0.5) is 4.39 Å². The van der Waals surface area contributed by atoms with Crippen molar-refractivity contribution < 1.29 is 23.5 Å². The maximum Gasteiger partial charge on any atom is 0.316 e. The van der Waals surface area contributed by atoms with Crippen molar-refractivity contribution in [1.29, 1.82) is 0 Å². The molecular formula is C16H21FN2O4S. The van der Waals surface area contributed by atoms with Gasteiger partial charge in [-0.3, -0.25) is 14.4 Å². The molecule has 0 aliphatic heterocycles. The lowest BCUT2D eigenvalue weighted by molar-refractivity contribution is -0.150. The normalized spacial score (nSPS) is 10.1. The number of halogens is 1. The SMILES string of the molecule is CCNC(=O)CN(CC)C(=O)COC(=O)CSc1ccccc1F. The summed E-state index contributed by atoms with van der Waals surface area (Å²) in [5.41, 5.74) is 0. The van der Waals surface area contributed by atoms with E-state index in [1.165, 1.54) is 11.0 Å². The van der Waals surface area contributed by atoms with E-state index in [4.69, 9.17) is 4.74 Å². The Hall–Kier alpha value is -2.09. The van der Waals surface area contributed by atoms with Gasteiger partial charge in [-0.15, -0.1) is 11.8 Å². The number of amides is 2. The molecule has 0 aliphatic carbocycles. The third-order valence-electron chi connectivity index (χ3n) is 2.98. The minimum atomic E-state index is -0.620. The van der Waals surface area contributed by atoms with E-state index in [0.717, 1.165) is 11.8 Å². The van der Waals surface area contributed by atoms with Gasteiger partial charge in [0, 0.05) is 18.0 Å². The van der Waals surface area contributed by atoms with E-state index < -0.39 is 24.3 Å². The van der Waals surface area contributed by atoms with Crippen LogP contribution in [-0.2, 0) is 19.1 Å². The summed E-state index contributed by atoms with van der Waals surface area (Å²) in [7, 11) is 0. The van der Waals surface area contributed by atoms with Gasteiger partial charge in [-0.05, 0) is 26.0 Å². The first-order chi connectivity index (χ1) is 11.5. The van der Waals surface area contributed by atoms with E-state index in [1.807, 2.05) is 0 Å². The highest BCUT2D eigenvalue weighted by molar-refractivity contribution is 8.00. The molecule has 0 heterocycles. The van der Waals surface area contributed by atoms with Gasteiger partial charge in [0.25, 0.3) is 5.91 Å². The molecule has 1 aromatic carbocycles. The Morgan fingerprint density at radius 2 is 1.96 bits per heavy atom. The van der Waals surface area contributed by atoms with Gasteiger partial charge < -0.3 is 15.0 Å². The Bertz CT molecular complexity index is 583. The van der Waals surface area contributed by atoms with Gasteiger partial charge in [-0.25, -0.2) is 4.39 Å². The molecule has 0 aliphatic rings. The molecule has 8 heteroatoms. The Morgan fingerprint density at radius 1 is 1.25 bits per heavy atom. The number of nitrogens with one attached hydrogen (secondary N) is 1. The van der Waals surface area contributed by atoms with Crippen LogP contribution in [0, 0.1) is 5.82 Å². The number of esters is 1. The van der Waals surface area contributed by atoms with Crippen molar-refractivity contribution in [3.8, 4) is 0 Å². The summed E-state index contributed by atoms with van der Waals surface area (Å²) in [6, 6.07) is 6.09. The summed E-state index contributed by atoms with van der Waals surface area (Å²) in [6.45, 7) is 3.80. The number of hydrogen-bond acceptors (Lipinski definition) is 5. The van der Waals surface area contributed by atoms with Crippen molar-refractivity contribution in [2.75, 3.05) is 32.0 Å². The Morgan fingerprint density at radius 3 is 2.58 bits per heavy atom. The van der Waals surface area contributed by atoms with Gasteiger partial charge in [0.1, 0.15) is 5.82 Å². The fourth-order valence-corrected chi connectivity index (χ4v) is 2.51. The van der Waals surface area contributed by atoms with Crippen LogP contribution in [0.25, 0.3) is 0 Å². The summed E-state index contributed by atoms with van der Waals surface area (Å²) < 4.78 is 18.3. The molecule has 1 N–H and O–H groups in total. The van der Waals surface area contributed by atoms with Crippen molar-refractivity contribution in [3.05, 3.63) is 30.1 Å². The zero-order valence-corrected chi connectivity index (χ0v) is 14.5. The molecule has 0 spiro atoms. The second kappa shape index (κ2) is 10.6. The highest BCUT2D eigenvalue weighted by Gasteiger charge is 2.17. The molecule has 132 valence electrons. The maximum absolute atomic E-state index is 13.4. The molecule has 0 atom stereocenters. The van der Waals surface area contributed by atoms with Crippen LogP contribution in [0.2, 0.25) is 0 Å². The molecule has 24 heavy (non-hydrogen) atoms. The minimum absolute atomic E-state index is 0.0787. The molecule has 0 bridgehead atoms. The van der Waals surface area contributed by atoms with E-state index >= 15 is 0 Å². The number of benzene rings is 1. The molecular weight excluding hydrogens is 335 g/mol. The predicted octanol–water partition coefficient (Wildman–Crippen LogP) is 1.45. The van der Waals surface area contributed by atoms with Crippen LogP contribution in [-0.4, -0.2) is 54.7 Å². The lowest BCUT2D eigenvalue weighted by Crippen LogP contribution is -2.42. The van der Waals surface area contributed by atoms with Gasteiger partial charge in [-0.2, -0.15) is 0 Å². The molecule has 2 amide bonds. The highest BCUT2D eigenvalue weighted by Crippen LogP contribution is 2.20. The van der Waals surface area contributed by atoms with Crippen molar-refractivity contribution >= 4 is 29.5 Å². The third kappa shape index (κ3) is 6.99. The van der Waals surface area contributed by atoms with Crippen molar-refractivity contribution in [3.63, 3.8) is 0 Å². The van der Waals surface area contributed by atoms with Crippen molar-refractivity contribution in [2.24, 2.45) is 0 Å². The molecule has 0 aromatic heterocycles. The summed E-state index contributed by atoms with van der Waals surface area (Å²) in [6.07, 6.45) is 0. The first-order valence-corrected chi connectivity index (χ1v) is 8.53. The lowest BCUT2D eigenvalue weighted by Gasteiger charge is -2.19. The van der Waals surface area contributed by atoms with Crippen LogP contribution >= 0.6 is 11.8 Å². The standard InChI is InChI=1S/C16H21FN2O4S/c1-3-18-14(20)9-19(4-2)15(21)10-23-16(22)11-24-13-8-6-5-7-12(13)17/h5-8H,3-4,9-11H2,1-2H3,(H,18,20). The van der Waals surface area contributed by atoms with E-state index in [0.29, 0.717) is 18.0 Å². The Balaban J connectivity index is 2.38. The van der Waals surface area contributed by atoms with Gasteiger partial charge in [0.2, 0.25) is 5.91 Å². The number of nitrogens with zero attached hydrogens (tertiary/aromatic N) is 1. The third-order valence-corrected chi connectivity index (χ3v) is 4.00. The number of carbonyl (C=O) groups excluding carboxylic acids is 3. The number of carbonyl (C=O) groups is 3. The highest BCUT2D eigenvalue weighted by atomic mass is 32.2. The largest absolute Gasteiger partial charge is 0.455 e. The van der Waals surface area contributed by atoms with E-state index in [2.05, 4.69) is 5.32 Å². The van der Waals surface area contributed by atoms with Gasteiger partial charge >= 0.3 is 5.97 Å². The fraction of sp³-hybridized carbons (Fsp3) is 0.438. The van der Waals surface area contributed by atoms with E-state index in [9.17, 15) is 18.8 Å². The molecule has 6 nitrogen and oxygen atoms in total. The van der Waals surface area contributed by atoms with Crippen LogP contribution in [0.5, 0.6) is 0 Å². The topological polar surface area (TPSA) is 75.7 Å². The zero-order chi connectivity index (χ0) is 17.9. The van der Waals surface area contributed by atoms with E-state index in [-0.39, 0.29) is 18.2 Å². The van der Waals surface area contributed by atoms with Gasteiger partial charge in [-0.1, -0.05) is 12.1 Å². The van der Waals surface area contributed by atoms with Crippen LogP contribution < -0.4 is 5.32 Å². The summed E-state index contributed by atoms with van der Waals surface area (Å²) in [5.74, 6) is -1.85. The summed E-state index contributed by atoms with van der Waals surface area (Å²) in [4.78, 5) is 36.7. The number of thioether (sulfide) groups is 1. The average Bonchev–Trinajstić information content (AvgIpc) is 2.57. The van der Waals surface area contributed by atoms with Crippen LogP contribution in [0.3, 0.4) is 0 Å². The fourth-order valence-electron chi connectivity index (χ4n) is 1.78. The molecule has 0 saturated carbocycles. The molecule has 1 aromatic rings. The minimum Gasteiger partial charge on any atom is -0.455 e. The molecule has 0 saturated heterocycles. The maximum atomic E-state index is 13.4. The molecule has 0 unspecified atom stereocenters. The Kier molecular flexibility index (Phi) is 8.85. The summed E-state index contributed by atoms with van der Waals surface area (Å²) >= 11 is 1.000. The van der Waals surface area contributed by atoms with Crippen molar-refractivity contribution in [1.82, 2.24) is 10.2 Å². The predicted molar refractivity (Wildman–Crippen MR) is 89.0 cm³/mol. The number of rotatable bonds is 9. The number of ether oxygens (including phenoxy) is 1. The molecule has 0 fully saturated rings. The van der Waals surface area contributed by atoms with E-state index in [1.54, 1.807) is 32.0 Å². The average molecular weight is 356 g/mol. The quantitative estimate of drug-likeness (QED) is 0.535. The zero-order valence-electron chi connectivity index (χ0n) is 13.7. The molecule has 1 rings (SSSR count). The summed E-state index contributed by atoms with van der Waals surface area (Å²) in [5, 5.41) is 2.59. The molecule has 0 radical (unpaired) electrons. The van der Waals surface area contributed by atoms with Crippen LogP contribution in [0.1, 0.15) is 13.8 Å². The number of likely N-dealkylation sites (N-methyl/N-ethyl adjacent to an activating group) is 2. The monoisotopic (exact) mass is 356 g/mol. The van der Waals surface area contributed by atoms with Crippen LogP contribution in [0.15, 0.2) is 29.2 Å². The second-order valence-electron chi connectivity index (χ2n) is 4.74. The second-order valence-corrected chi connectivity index (χ2v) is 5.76. The smallest absolute Gasteiger partial charge is 0.316 e.